The molecule has 0 bridgehead atoms. The summed E-state index contributed by atoms with van der Waals surface area (Å²) in [6.07, 6.45) is 4.92. The van der Waals surface area contributed by atoms with Crippen LogP contribution in [-0.4, -0.2) is 50.8 Å². The van der Waals surface area contributed by atoms with Crippen molar-refractivity contribution in [3.63, 3.8) is 0 Å². The molecule has 2 unspecified atom stereocenters. The lowest BCUT2D eigenvalue weighted by Gasteiger charge is -2.35. The predicted molar refractivity (Wildman–Crippen MR) is 102 cm³/mol. The summed E-state index contributed by atoms with van der Waals surface area (Å²) in [4.78, 5) is 15.1. The Labute approximate surface area is 157 Å². The first-order chi connectivity index (χ1) is 12.7. The summed E-state index contributed by atoms with van der Waals surface area (Å²) in [7, 11) is 1.69. The van der Waals surface area contributed by atoms with Crippen molar-refractivity contribution in [3.8, 4) is 5.75 Å². The molecule has 0 radical (unpaired) electrons. The number of carbonyl (C=O) groups excluding carboxylic acids is 1. The van der Waals surface area contributed by atoms with E-state index in [1.54, 1.807) is 7.11 Å². The van der Waals surface area contributed by atoms with Gasteiger partial charge in [-0.3, -0.25) is 9.69 Å². The second-order valence-electron chi connectivity index (χ2n) is 7.52. The number of nitrogens with zero attached hydrogens (tertiary/aromatic N) is 1. The zero-order valence-electron chi connectivity index (χ0n) is 16.1. The molecule has 1 aromatic rings. The van der Waals surface area contributed by atoms with Gasteiger partial charge < -0.3 is 14.8 Å². The molecule has 1 aliphatic carbocycles. The summed E-state index contributed by atoms with van der Waals surface area (Å²) in [6, 6.07) is 8.32. The highest BCUT2D eigenvalue weighted by Gasteiger charge is 2.28. The number of nitrogens with one attached hydrogen (secondary N) is 1. The van der Waals surface area contributed by atoms with E-state index in [-0.39, 0.29) is 17.9 Å². The third-order valence-electron chi connectivity index (χ3n) is 5.96. The average Bonchev–Trinajstić information content (AvgIpc) is 3.23. The van der Waals surface area contributed by atoms with E-state index in [4.69, 9.17) is 9.47 Å². The Kier molecular flexibility index (Phi) is 6.92. The van der Waals surface area contributed by atoms with Gasteiger partial charge in [-0.15, -0.1) is 0 Å². The number of morpholine rings is 1. The molecule has 1 N–H and O–H groups in total. The molecule has 3 rings (SSSR count). The zero-order valence-corrected chi connectivity index (χ0v) is 16.1. The molecule has 1 aromatic carbocycles. The molecular formula is C21H32N2O3. The number of ether oxygens (including phenoxy) is 2. The van der Waals surface area contributed by atoms with E-state index in [9.17, 15) is 4.79 Å². The third-order valence-corrected chi connectivity index (χ3v) is 5.96. The Balaban J connectivity index is 1.67. The topological polar surface area (TPSA) is 50.8 Å². The summed E-state index contributed by atoms with van der Waals surface area (Å²) in [6.45, 7) is 5.97. The van der Waals surface area contributed by atoms with Crippen LogP contribution in [0, 0.1) is 11.8 Å². The van der Waals surface area contributed by atoms with Crippen LogP contribution in [0.3, 0.4) is 0 Å². The summed E-state index contributed by atoms with van der Waals surface area (Å²) in [5.41, 5.74) is 1.18. The fourth-order valence-electron chi connectivity index (χ4n) is 4.23. The van der Waals surface area contributed by atoms with Gasteiger partial charge in [0.25, 0.3) is 0 Å². The van der Waals surface area contributed by atoms with Crippen LogP contribution in [0.5, 0.6) is 5.75 Å². The largest absolute Gasteiger partial charge is 0.497 e. The van der Waals surface area contributed by atoms with Crippen LogP contribution < -0.4 is 10.1 Å². The van der Waals surface area contributed by atoms with Gasteiger partial charge in [-0.05, 0) is 36.5 Å². The van der Waals surface area contributed by atoms with Gasteiger partial charge in [-0.2, -0.15) is 0 Å². The van der Waals surface area contributed by atoms with Crippen molar-refractivity contribution in [2.45, 2.75) is 38.6 Å². The van der Waals surface area contributed by atoms with Gasteiger partial charge >= 0.3 is 0 Å². The molecule has 5 nitrogen and oxygen atoms in total. The number of hydrogen-bond donors (Lipinski definition) is 1. The highest BCUT2D eigenvalue weighted by Crippen LogP contribution is 2.31. The van der Waals surface area contributed by atoms with Gasteiger partial charge in [0, 0.05) is 25.6 Å². The zero-order chi connectivity index (χ0) is 18.4. The number of methoxy groups -OCH3 is 1. The summed E-state index contributed by atoms with van der Waals surface area (Å²) < 4.78 is 10.9. The molecule has 1 amide bonds. The molecule has 1 saturated heterocycles. The van der Waals surface area contributed by atoms with Crippen molar-refractivity contribution in [2.75, 3.05) is 40.0 Å². The molecule has 0 aromatic heterocycles. The van der Waals surface area contributed by atoms with E-state index in [1.165, 1.54) is 31.2 Å². The predicted octanol–water partition coefficient (Wildman–Crippen LogP) is 3.01. The summed E-state index contributed by atoms with van der Waals surface area (Å²) >= 11 is 0. The summed E-state index contributed by atoms with van der Waals surface area (Å²) in [5, 5.41) is 3.23. The van der Waals surface area contributed by atoms with Crippen LogP contribution >= 0.6 is 0 Å². The first-order valence-electron chi connectivity index (χ1n) is 9.92. The maximum Gasteiger partial charge on any atom is 0.223 e. The number of amides is 1. The van der Waals surface area contributed by atoms with Crippen LogP contribution in [0.1, 0.15) is 44.2 Å². The molecule has 1 saturated carbocycles. The Morgan fingerprint density at radius 1 is 1.31 bits per heavy atom. The Morgan fingerprint density at radius 3 is 2.73 bits per heavy atom. The van der Waals surface area contributed by atoms with E-state index in [1.807, 2.05) is 12.1 Å². The smallest absolute Gasteiger partial charge is 0.223 e. The van der Waals surface area contributed by atoms with Gasteiger partial charge in [-0.25, -0.2) is 0 Å². The number of benzene rings is 1. The second-order valence-corrected chi connectivity index (χ2v) is 7.52. The maximum absolute atomic E-state index is 12.7. The lowest BCUT2D eigenvalue weighted by molar-refractivity contribution is -0.126. The maximum atomic E-state index is 12.7. The Morgan fingerprint density at radius 2 is 2.04 bits per heavy atom. The number of rotatable bonds is 7. The minimum atomic E-state index is 0.105. The molecule has 1 heterocycles. The SMILES string of the molecule is COc1cccc(C(CNC(=O)C(C)C2CCCC2)N2CCOCC2)c1. The van der Waals surface area contributed by atoms with Crippen molar-refractivity contribution in [1.29, 1.82) is 0 Å². The third kappa shape index (κ3) is 4.77. The van der Waals surface area contributed by atoms with Crippen LogP contribution in [0.25, 0.3) is 0 Å². The fraction of sp³-hybridized carbons (Fsp3) is 0.667. The normalized spacial score (nSPS) is 21.3. The van der Waals surface area contributed by atoms with Crippen molar-refractivity contribution in [3.05, 3.63) is 29.8 Å². The highest BCUT2D eigenvalue weighted by atomic mass is 16.5. The molecule has 2 aliphatic rings. The second kappa shape index (κ2) is 9.38. The Bertz CT molecular complexity index is 580. The quantitative estimate of drug-likeness (QED) is 0.812. The van der Waals surface area contributed by atoms with Gasteiger partial charge in [0.2, 0.25) is 5.91 Å². The van der Waals surface area contributed by atoms with E-state index >= 15 is 0 Å². The lowest BCUT2D eigenvalue weighted by Crippen LogP contribution is -2.45. The average molecular weight is 360 g/mol. The van der Waals surface area contributed by atoms with Gasteiger partial charge in [-0.1, -0.05) is 31.9 Å². The fourth-order valence-corrected chi connectivity index (χ4v) is 4.23. The van der Waals surface area contributed by atoms with Crippen molar-refractivity contribution in [1.82, 2.24) is 10.2 Å². The summed E-state index contributed by atoms with van der Waals surface area (Å²) in [5.74, 6) is 1.70. The Hall–Kier alpha value is -1.59. The lowest BCUT2D eigenvalue weighted by atomic mass is 9.91. The van der Waals surface area contributed by atoms with E-state index in [2.05, 4.69) is 29.3 Å². The van der Waals surface area contributed by atoms with Crippen LogP contribution in [0.4, 0.5) is 0 Å². The molecule has 26 heavy (non-hydrogen) atoms. The van der Waals surface area contributed by atoms with Crippen LogP contribution in [-0.2, 0) is 9.53 Å². The standard InChI is InChI=1S/C21H32N2O3/c1-16(17-6-3-4-7-17)21(24)22-15-20(23-10-12-26-13-11-23)18-8-5-9-19(14-18)25-2/h5,8-9,14,16-17,20H,3-4,6-7,10-13,15H2,1-2H3,(H,22,24). The molecule has 144 valence electrons. The van der Waals surface area contributed by atoms with Gasteiger partial charge in [0.1, 0.15) is 5.75 Å². The first kappa shape index (κ1) is 19.2. The number of carbonyl (C=O) groups is 1. The minimum absolute atomic E-state index is 0.105. The molecule has 2 atom stereocenters. The van der Waals surface area contributed by atoms with E-state index < -0.39 is 0 Å². The highest BCUT2D eigenvalue weighted by molar-refractivity contribution is 5.78. The molecule has 2 fully saturated rings. The van der Waals surface area contributed by atoms with Crippen LogP contribution in [0.2, 0.25) is 0 Å². The molecule has 1 aliphatic heterocycles. The monoisotopic (exact) mass is 360 g/mol. The van der Waals surface area contributed by atoms with Gasteiger partial charge in [0.05, 0.1) is 26.4 Å². The number of hydrogen-bond acceptors (Lipinski definition) is 4. The van der Waals surface area contributed by atoms with Gasteiger partial charge in [0.15, 0.2) is 0 Å². The van der Waals surface area contributed by atoms with E-state index in [0.717, 1.165) is 32.1 Å². The van der Waals surface area contributed by atoms with Crippen molar-refractivity contribution >= 4 is 5.91 Å². The van der Waals surface area contributed by atoms with Crippen molar-refractivity contribution < 1.29 is 14.3 Å². The van der Waals surface area contributed by atoms with Crippen LogP contribution in [0.15, 0.2) is 24.3 Å². The molecule has 0 spiro atoms. The van der Waals surface area contributed by atoms with Crippen molar-refractivity contribution in [2.24, 2.45) is 11.8 Å². The molecular weight excluding hydrogens is 328 g/mol. The molecule has 5 heteroatoms. The minimum Gasteiger partial charge on any atom is -0.497 e. The first-order valence-corrected chi connectivity index (χ1v) is 9.92. The van der Waals surface area contributed by atoms with E-state index in [0.29, 0.717) is 12.5 Å².